The predicted octanol–water partition coefficient (Wildman–Crippen LogP) is 2.17. The second kappa shape index (κ2) is 6.97. The smallest absolute Gasteiger partial charge is 0.185 e. The van der Waals surface area contributed by atoms with E-state index in [0.29, 0.717) is 5.88 Å². The van der Waals surface area contributed by atoms with Crippen molar-refractivity contribution in [3.8, 4) is 0 Å². The Labute approximate surface area is 86.7 Å². The molecule has 0 amide bonds. The summed E-state index contributed by atoms with van der Waals surface area (Å²) in [6, 6.07) is 0. The summed E-state index contributed by atoms with van der Waals surface area (Å²) in [5.74, 6) is 0.684. The summed E-state index contributed by atoms with van der Waals surface area (Å²) in [6.07, 6.45) is 2.28. The Morgan fingerprint density at radius 3 is 2.92 bits per heavy atom. The maximum atomic E-state index is 5.74. The summed E-state index contributed by atoms with van der Waals surface area (Å²) in [6.45, 7) is 6.15. The first-order valence-electron chi connectivity index (χ1n) is 4.86. The van der Waals surface area contributed by atoms with Gasteiger partial charge in [0.15, 0.2) is 8.45 Å². The lowest BCUT2D eigenvalue weighted by molar-refractivity contribution is 0.274. The Kier molecular flexibility index (Phi) is 6.26. The highest BCUT2D eigenvalue weighted by Crippen LogP contribution is 2.38. The summed E-state index contributed by atoms with van der Waals surface area (Å²) < 4.78 is 7.99. The van der Waals surface area contributed by atoms with E-state index in [0.717, 1.165) is 39.1 Å². The third-order valence-corrected chi connectivity index (χ3v) is 3.87. The zero-order valence-electron chi connectivity index (χ0n) is 8.13. The molecule has 1 heterocycles. The van der Waals surface area contributed by atoms with Gasteiger partial charge in [0, 0.05) is 25.5 Å². The highest BCUT2D eigenvalue weighted by atomic mass is 35.5. The van der Waals surface area contributed by atoms with Gasteiger partial charge >= 0.3 is 0 Å². The van der Waals surface area contributed by atoms with Gasteiger partial charge in [-0.15, -0.1) is 11.6 Å². The average molecular weight is 225 g/mol. The molecule has 0 aromatic heterocycles. The van der Waals surface area contributed by atoms with Crippen LogP contribution in [0.4, 0.5) is 0 Å². The first kappa shape index (κ1) is 11.7. The fourth-order valence-electron chi connectivity index (χ4n) is 1.27. The van der Waals surface area contributed by atoms with E-state index in [4.69, 9.17) is 16.1 Å². The molecule has 1 fully saturated rings. The van der Waals surface area contributed by atoms with Crippen molar-refractivity contribution in [2.45, 2.75) is 19.8 Å². The molecule has 5 heteroatoms. The SMILES string of the molecule is CCCN(CCCl)P1NCCCO1. The van der Waals surface area contributed by atoms with E-state index in [1.165, 1.54) is 0 Å². The third-order valence-electron chi connectivity index (χ3n) is 1.86. The number of hydrogen-bond acceptors (Lipinski definition) is 3. The van der Waals surface area contributed by atoms with E-state index < -0.39 is 8.45 Å². The molecule has 0 bridgehead atoms. The highest BCUT2D eigenvalue weighted by molar-refractivity contribution is 7.47. The van der Waals surface area contributed by atoms with Crippen molar-refractivity contribution in [2.75, 3.05) is 32.1 Å². The van der Waals surface area contributed by atoms with E-state index in [1.54, 1.807) is 0 Å². The van der Waals surface area contributed by atoms with Crippen LogP contribution in [-0.2, 0) is 4.52 Å². The van der Waals surface area contributed by atoms with Crippen LogP contribution in [0.3, 0.4) is 0 Å². The number of alkyl halides is 1. The minimum absolute atomic E-state index is 0.548. The van der Waals surface area contributed by atoms with Gasteiger partial charge in [0.1, 0.15) is 0 Å². The molecule has 3 nitrogen and oxygen atoms in total. The molecular weight excluding hydrogens is 207 g/mol. The van der Waals surface area contributed by atoms with Crippen molar-refractivity contribution in [3.63, 3.8) is 0 Å². The lowest BCUT2D eigenvalue weighted by Gasteiger charge is -2.32. The van der Waals surface area contributed by atoms with Gasteiger partial charge in [-0.25, -0.2) is 4.67 Å². The fourth-order valence-corrected chi connectivity index (χ4v) is 3.37. The largest absolute Gasteiger partial charge is 0.331 e. The van der Waals surface area contributed by atoms with E-state index in [-0.39, 0.29) is 0 Å². The molecule has 13 heavy (non-hydrogen) atoms. The molecule has 0 spiro atoms. The van der Waals surface area contributed by atoms with Crippen LogP contribution in [0.2, 0.25) is 0 Å². The van der Waals surface area contributed by atoms with E-state index in [9.17, 15) is 0 Å². The first-order chi connectivity index (χ1) is 6.38. The molecule has 0 radical (unpaired) electrons. The standard InChI is InChI=1S/C8H18ClN2OP/c1-2-6-11(7-4-9)13-10-5-3-8-12-13/h10H,2-8H2,1H3. The molecule has 0 aromatic carbocycles. The van der Waals surface area contributed by atoms with Crippen molar-refractivity contribution in [1.29, 1.82) is 0 Å². The summed E-state index contributed by atoms with van der Waals surface area (Å²) in [5, 5.41) is 3.40. The zero-order valence-corrected chi connectivity index (χ0v) is 9.78. The van der Waals surface area contributed by atoms with Gasteiger partial charge in [0.2, 0.25) is 0 Å². The van der Waals surface area contributed by atoms with Gasteiger partial charge < -0.3 is 4.52 Å². The molecule has 0 aromatic rings. The lowest BCUT2D eigenvalue weighted by atomic mass is 10.5. The predicted molar refractivity (Wildman–Crippen MR) is 58.1 cm³/mol. The molecular formula is C8H18ClN2OP. The number of halogens is 1. The Bertz CT molecular complexity index is 127. The number of hydrogen-bond donors (Lipinski definition) is 1. The van der Waals surface area contributed by atoms with Crippen molar-refractivity contribution in [2.24, 2.45) is 0 Å². The van der Waals surface area contributed by atoms with Crippen LogP contribution >= 0.6 is 20.1 Å². The van der Waals surface area contributed by atoms with Gasteiger partial charge in [-0.2, -0.15) is 0 Å². The van der Waals surface area contributed by atoms with Crippen LogP contribution in [0.25, 0.3) is 0 Å². The lowest BCUT2D eigenvalue weighted by Crippen LogP contribution is -2.32. The summed E-state index contributed by atoms with van der Waals surface area (Å²) in [4.78, 5) is 0. The molecule has 1 unspecified atom stereocenters. The van der Waals surface area contributed by atoms with Crippen molar-refractivity contribution >= 4 is 20.1 Å². The minimum atomic E-state index is -0.548. The fraction of sp³-hybridized carbons (Fsp3) is 1.00. The first-order valence-corrected chi connectivity index (χ1v) is 6.60. The Morgan fingerprint density at radius 2 is 2.38 bits per heavy atom. The van der Waals surface area contributed by atoms with Crippen LogP contribution in [0.15, 0.2) is 0 Å². The maximum Gasteiger partial charge on any atom is 0.185 e. The van der Waals surface area contributed by atoms with Gasteiger partial charge in [0.25, 0.3) is 0 Å². The van der Waals surface area contributed by atoms with Crippen LogP contribution in [-0.4, -0.2) is 36.8 Å². The number of nitrogens with one attached hydrogen (secondary N) is 1. The third kappa shape index (κ3) is 4.09. The van der Waals surface area contributed by atoms with E-state index >= 15 is 0 Å². The average Bonchev–Trinajstić information content (AvgIpc) is 2.19. The monoisotopic (exact) mass is 224 g/mol. The zero-order chi connectivity index (χ0) is 9.52. The molecule has 1 rings (SSSR count). The Hall–Kier alpha value is 0.600. The topological polar surface area (TPSA) is 24.5 Å². The summed E-state index contributed by atoms with van der Waals surface area (Å²) in [7, 11) is -0.548. The van der Waals surface area contributed by atoms with Crippen molar-refractivity contribution < 1.29 is 4.52 Å². The molecule has 1 atom stereocenters. The Balaban J connectivity index is 2.32. The summed E-state index contributed by atoms with van der Waals surface area (Å²) in [5.41, 5.74) is 0. The summed E-state index contributed by atoms with van der Waals surface area (Å²) >= 11 is 5.74. The molecule has 78 valence electrons. The second-order valence-electron chi connectivity index (χ2n) is 3.01. The van der Waals surface area contributed by atoms with Crippen LogP contribution < -0.4 is 5.09 Å². The second-order valence-corrected chi connectivity index (χ2v) is 5.07. The van der Waals surface area contributed by atoms with Crippen LogP contribution in [0.5, 0.6) is 0 Å². The number of nitrogens with zero attached hydrogens (tertiary/aromatic N) is 1. The molecule has 0 saturated carbocycles. The van der Waals surface area contributed by atoms with Crippen LogP contribution in [0.1, 0.15) is 19.8 Å². The van der Waals surface area contributed by atoms with Gasteiger partial charge in [0.05, 0.1) is 6.61 Å². The highest BCUT2D eigenvalue weighted by Gasteiger charge is 2.20. The van der Waals surface area contributed by atoms with Gasteiger partial charge in [-0.1, -0.05) is 6.92 Å². The van der Waals surface area contributed by atoms with E-state index in [1.807, 2.05) is 0 Å². The molecule has 1 aliphatic heterocycles. The van der Waals surface area contributed by atoms with Gasteiger partial charge in [-0.3, -0.25) is 5.09 Å². The minimum Gasteiger partial charge on any atom is -0.331 e. The molecule has 1 aliphatic rings. The molecule has 0 aliphatic carbocycles. The van der Waals surface area contributed by atoms with Crippen molar-refractivity contribution in [3.05, 3.63) is 0 Å². The maximum absolute atomic E-state index is 5.74. The normalized spacial score (nSPS) is 23.8. The van der Waals surface area contributed by atoms with Crippen LogP contribution in [0, 0.1) is 0 Å². The number of rotatable bonds is 5. The quantitative estimate of drug-likeness (QED) is 0.572. The molecule has 1 saturated heterocycles. The molecule has 1 N–H and O–H groups in total. The van der Waals surface area contributed by atoms with Crippen molar-refractivity contribution in [1.82, 2.24) is 9.76 Å². The van der Waals surface area contributed by atoms with E-state index in [2.05, 4.69) is 16.7 Å². The van der Waals surface area contributed by atoms with Gasteiger partial charge in [-0.05, 0) is 12.8 Å². The Morgan fingerprint density at radius 1 is 1.54 bits per heavy atom.